The molecule has 1 atom stereocenters. The number of nitrogens with two attached hydrogens (primary N) is 1. The van der Waals surface area contributed by atoms with Crippen molar-refractivity contribution < 1.29 is 15.0 Å². The topological polar surface area (TPSA) is 108 Å². The third kappa shape index (κ3) is 2.69. The van der Waals surface area contributed by atoms with Crippen molar-refractivity contribution >= 4 is 39.8 Å². The second kappa shape index (κ2) is 5.29. The number of nitrogen functional groups attached to an aromatic ring is 1. The zero-order valence-corrected chi connectivity index (χ0v) is 10.6. The summed E-state index contributed by atoms with van der Waals surface area (Å²) in [6.45, 7) is -0.552. The first-order chi connectivity index (χ1) is 9.02. The average Bonchev–Trinajstić information content (AvgIpc) is 2.35. The molecule has 1 unspecified atom stereocenters. The number of hydrogen-bond acceptors (Lipinski definition) is 5. The number of hydrogen-bond donors (Lipinski definition) is 4. The van der Waals surface area contributed by atoms with Crippen molar-refractivity contribution in [3.05, 3.63) is 29.4 Å². The predicted octanol–water partition coefficient (Wildman–Crippen LogP) is 1.33. The number of carbonyl (C=O) groups is 1. The van der Waals surface area contributed by atoms with Crippen molar-refractivity contribution in [1.82, 2.24) is 4.98 Å². The standard InChI is InChI=1S/C12H12ClN3O3/c13-6-3-8-7(9(14)4-6)1-2-15-11(8)16-10(5-17)12(18)19/h1-4,10,17H,5,14H2,(H,15,16)(H,18,19). The highest BCUT2D eigenvalue weighted by molar-refractivity contribution is 6.32. The van der Waals surface area contributed by atoms with Crippen LogP contribution in [0.5, 0.6) is 0 Å². The van der Waals surface area contributed by atoms with E-state index in [1.807, 2.05) is 0 Å². The van der Waals surface area contributed by atoms with Gasteiger partial charge in [0.15, 0.2) is 0 Å². The summed E-state index contributed by atoms with van der Waals surface area (Å²) >= 11 is 5.93. The van der Waals surface area contributed by atoms with E-state index in [2.05, 4.69) is 10.3 Å². The number of anilines is 2. The third-order valence-electron chi connectivity index (χ3n) is 2.67. The molecule has 0 fully saturated rings. The van der Waals surface area contributed by atoms with Crippen molar-refractivity contribution in [1.29, 1.82) is 0 Å². The van der Waals surface area contributed by atoms with Crippen LogP contribution in [0.3, 0.4) is 0 Å². The lowest BCUT2D eigenvalue weighted by Gasteiger charge is -2.14. The number of aliphatic carboxylic acids is 1. The predicted molar refractivity (Wildman–Crippen MR) is 73.3 cm³/mol. The molecule has 0 bridgehead atoms. The van der Waals surface area contributed by atoms with Crippen molar-refractivity contribution in [3.63, 3.8) is 0 Å². The summed E-state index contributed by atoms with van der Waals surface area (Å²) in [6.07, 6.45) is 1.51. The molecule has 0 radical (unpaired) electrons. The Hall–Kier alpha value is -2.05. The maximum atomic E-state index is 10.9. The number of aliphatic hydroxyl groups is 1. The van der Waals surface area contributed by atoms with E-state index >= 15 is 0 Å². The van der Waals surface area contributed by atoms with E-state index in [0.29, 0.717) is 27.3 Å². The van der Waals surface area contributed by atoms with Crippen LogP contribution in [0, 0.1) is 0 Å². The van der Waals surface area contributed by atoms with Gasteiger partial charge in [-0.15, -0.1) is 0 Å². The molecular weight excluding hydrogens is 270 g/mol. The number of aromatic nitrogens is 1. The Morgan fingerprint density at radius 1 is 1.47 bits per heavy atom. The minimum atomic E-state index is -1.17. The highest BCUT2D eigenvalue weighted by Crippen LogP contribution is 2.29. The van der Waals surface area contributed by atoms with E-state index in [-0.39, 0.29) is 0 Å². The Morgan fingerprint density at radius 3 is 2.84 bits per heavy atom. The van der Waals surface area contributed by atoms with Gasteiger partial charge < -0.3 is 21.3 Å². The quantitative estimate of drug-likeness (QED) is 0.630. The number of carboxylic acids is 1. The Morgan fingerprint density at radius 2 is 2.21 bits per heavy atom. The average molecular weight is 282 g/mol. The molecule has 19 heavy (non-hydrogen) atoms. The monoisotopic (exact) mass is 281 g/mol. The Labute approximate surface area is 113 Å². The van der Waals surface area contributed by atoms with Gasteiger partial charge in [0.1, 0.15) is 11.9 Å². The van der Waals surface area contributed by atoms with Gasteiger partial charge in [-0.2, -0.15) is 0 Å². The normalized spacial score (nSPS) is 12.3. The molecule has 0 spiro atoms. The number of rotatable bonds is 4. The van der Waals surface area contributed by atoms with Crippen molar-refractivity contribution in [3.8, 4) is 0 Å². The number of fused-ring (bicyclic) bond motifs is 1. The van der Waals surface area contributed by atoms with Crippen LogP contribution in [-0.2, 0) is 4.79 Å². The van der Waals surface area contributed by atoms with E-state index in [0.717, 1.165) is 0 Å². The summed E-state index contributed by atoms with van der Waals surface area (Å²) in [7, 11) is 0. The SMILES string of the molecule is Nc1cc(Cl)cc2c(NC(CO)C(=O)O)nccc12. The van der Waals surface area contributed by atoms with Gasteiger partial charge in [-0.25, -0.2) is 9.78 Å². The molecular formula is C12H12ClN3O3. The number of carboxylic acid groups (broad SMARTS) is 1. The number of benzene rings is 1. The summed E-state index contributed by atoms with van der Waals surface area (Å²) in [5.41, 5.74) is 6.32. The molecule has 2 aromatic rings. The van der Waals surface area contributed by atoms with E-state index in [4.69, 9.17) is 27.5 Å². The molecule has 0 aliphatic rings. The van der Waals surface area contributed by atoms with Crippen LogP contribution >= 0.6 is 11.6 Å². The number of halogens is 1. The number of nitrogens with zero attached hydrogens (tertiary/aromatic N) is 1. The van der Waals surface area contributed by atoms with E-state index in [1.165, 1.54) is 6.20 Å². The fourth-order valence-electron chi connectivity index (χ4n) is 1.74. The minimum Gasteiger partial charge on any atom is -0.480 e. The van der Waals surface area contributed by atoms with Crippen molar-refractivity contribution in [2.24, 2.45) is 0 Å². The van der Waals surface area contributed by atoms with Gasteiger partial charge >= 0.3 is 5.97 Å². The lowest BCUT2D eigenvalue weighted by Crippen LogP contribution is -2.33. The summed E-state index contributed by atoms with van der Waals surface area (Å²) in [4.78, 5) is 15.0. The lowest BCUT2D eigenvalue weighted by atomic mass is 10.1. The van der Waals surface area contributed by atoms with Crippen LogP contribution in [-0.4, -0.2) is 33.8 Å². The molecule has 0 aliphatic heterocycles. The maximum absolute atomic E-state index is 10.9. The second-order valence-electron chi connectivity index (χ2n) is 3.97. The van der Waals surface area contributed by atoms with E-state index in [1.54, 1.807) is 18.2 Å². The van der Waals surface area contributed by atoms with Crippen molar-refractivity contribution in [2.75, 3.05) is 17.7 Å². The molecule has 1 aromatic heterocycles. The summed E-state index contributed by atoms with van der Waals surface area (Å²) < 4.78 is 0. The summed E-state index contributed by atoms with van der Waals surface area (Å²) in [6, 6.07) is 3.81. The Kier molecular flexibility index (Phi) is 3.73. The molecule has 6 nitrogen and oxygen atoms in total. The molecule has 5 N–H and O–H groups in total. The fraction of sp³-hybridized carbons (Fsp3) is 0.167. The van der Waals surface area contributed by atoms with Crippen LogP contribution in [0.1, 0.15) is 0 Å². The first-order valence-corrected chi connectivity index (χ1v) is 5.84. The minimum absolute atomic E-state index is 0.313. The number of aliphatic hydroxyl groups excluding tert-OH is 1. The zero-order chi connectivity index (χ0) is 14.0. The molecule has 100 valence electrons. The first kappa shape index (κ1) is 13.4. The number of nitrogens with one attached hydrogen (secondary N) is 1. The Balaban J connectivity index is 2.52. The molecule has 0 saturated carbocycles. The van der Waals surface area contributed by atoms with Gasteiger partial charge in [0, 0.05) is 27.7 Å². The van der Waals surface area contributed by atoms with Crippen LogP contribution in [0.4, 0.5) is 11.5 Å². The van der Waals surface area contributed by atoms with Gasteiger partial charge in [-0.3, -0.25) is 0 Å². The number of pyridine rings is 1. The molecule has 1 heterocycles. The summed E-state index contributed by atoms with van der Waals surface area (Å²) in [5.74, 6) is -0.857. The van der Waals surface area contributed by atoms with Crippen molar-refractivity contribution in [2.45, 2.75) is 6.04 Å². The third-order valence-corrected chi connectivity index (χ3v) is 2.89. The lowest BCUT2D eigenvalue weighted by molar-refractivity contribution is -0.138. The molecule has 1 aromatic carbocycles. The zero-order valence-electron chi connectivity index (χ0n) is 9.80. The highest BCUT2D eigenvalue weighted by atomic mass is 35.5. The molecule has 7 heteroatoms. The Bertz CT molecular complexity index is 633. The van der Waals surface area contributed by atoms with Crippen LogP contribution in [0.15, 0.2) is 24.4 Å². The molecule has 0 saturated heterocycles. The van der Waals surface area contributed by atoms with Crippen LogP contribution in [0.2, 0.25) is 5.02 Å². The molecule has 2 rings (SSSR count). The first-order valence-electron chi connectivity index (χ1n) is 5.47. The van der Waals surface area contributed by atoms with Gasteiger partial charge in [0.25, 0.3) is 0 Å². The van der Waals surface area contributed by atoms with E-state index < -0.39 is 18.6 Å². The van der Waals surface area contributed by atoms with E-state index in [9.17, 15) is 4.79 Å². The maximum Gasteiger partial charge on any atom is 0.328 e. The van der Waals surface area contributed by atoms with Gasteiger partial charge in [0.05, 0.1) is 6.61 Å². The largest absolute Gasteiger partial charge is 0.480 e. The van der Waals surface area contributed by atoms with Gasteiger partial charge in [-0.1, -0.05) is 11.6 Å². The van der Waals surface area contributed by atoms with Gasteiger partial charge in [0.2, 0.25) is 0 Å². The van der Waals surface area contributed by atoms with Crippen LogP contribution < -0.4 is 11.1 Å². The fourth-order valence-corrected chi connectivity index (χ4v) is 1.97. The van der Waals surface area contributed by atoms with Gasteiger partial charge in [-0.05, 0) is 18.2 Å². The smallest absolute Gasteiger partial charge is 0.328 e. The highest BCUT2D eigenvalue weighted by Gasteiger charge is 2.17. The second-order valence-corrected chi connectivity index (χ2v) is 4.40. The van der Waals surface area contributed by atoms with Crippen LogP contribution in [0.25, 0.3) is 10.8 Å². The molecule has 0 amide bonds. The molecule has 0 aliphatic carbocycles. The summed E-state index contributed by atoms with van der Waals surface area (Å²) in [5, 5.41) is 22.3.